The number of hydrogen-bond acceptors (Lipinski definition) is 1. The molecule has 4 rings (SSSR count). The summed E-state index contributed by atoms with van der Waals surface area (Å²) in [4.78, 5) is 0. The second-order valence-electron chi connectivity index (χ2n) is 8.83. The van der Waals surface area contributed by atoms with Gasteiger partial charge in [-0.1, -0.05) is 76.6 Å². The Morgan fingerprint density at radius 3 is 2.46 bits per heavy atom. The van der Waals surface area contributed by atoms with E-state index in [0.29, 0.717) is 11.6 Å². The molecule has 148 valence electrons. The van der Waals surface area contributed by atoms with Gasteiger partial charge >= 0.3 is 0 Å². The lowest BCUT2D eigenvalue weighted by molar-refractivity contribution is 0.613. The van der Waals surface area contributed by atoms with Gasteiger partial charge in [0.2, 0.25) is 0 Å². The van der Waals surface area contributed by atoms with Crippen molar-refractivity contribution in [2.24, 2.45) is 5.92 Å². The summed E-state index contributed by atoms with van der Waals surface area (Å²) in [6.07, 6.45) is 18.0. The SMILES string of the molecule is CCCCc1c(C)cc2c3c1C(C)(C)C(=C(C)C3=N)/C=C\C=CC(CC)/C=C\2. The van der Waals surface area contributed by atoms with Gasteiger partial charge in [0.1, 0.15) is 0 Å². The number of nitrogens with one attached hydrogen (secondary N) is 1. The van der Waals surface area contributed by atoms with E-state index in [4.69, 9.17) is 5.41 Å². The molecule has 0 heterocycles. The van der Waals surface area contributed by atoms with E-state index in [0.717, 1.165) is 24.0 Å². The van der Waals surface area contributed by atoms with Crippen LogP contribution in [0.2, 0.25) is 0 Å². The largest absolute Gasteiger partial charge is 0.300 e. The second kappa shape index (κ2) is 8.07. The van der Waals surface area contributed by atoms with Gasteiger partial charge in [0, 0.05) is 11.0 Å². The highest BCUT2D eigenvalue weighted by molar-refractivity contribution is 6.16. The molecule has 1 aromatic rings. The van der Waals surface area contributed by atoms with Gasteiger partial charge in [-0.3, -0.25) is 5.41 Å². The molecule has 1 nitrogen and oxygen atoms in total. The highest BCUT2D eigenvalue weighted by Crippen LogP contribution is 2.46. The maximum absolute atomic E-state index is 9.05. The normalized spacial score (nSPS) is 22.8. The van der Waals surface area contributed by atoms with Crippen molar-refractivity contribution in [3.63, 3.8) is 0 Å². The van der Waals surface area contributed by atoms with Crippen molar-refractivity contribution in [2.75, 3.05) is 0 Å². The van der Waals surface area contributed by atoms with Crippen molar-refractivity contribution in [3.05, 3.63) is 75.4 Å². The zero-order valence-corrected chi connectivity index (χ0v) is 18.4. The van der Waals surface area contributed by atoms with E-state index in [1.165, 1.54) is 40.7 Å². The number of allylic oxidation sites excluding steroid dienone is 7. The van der Waals surface area contributed by atoms with Gasteiger partial charge in [-0.2, -0.15) is 0 Å². The minimum Gasteiger partial charge on any atom is -0.300 e. The first-order valence-electron chi connectivity index (χ1n) is 10.8. The Hall–Kier alpha value is -2.15. The molecule has 1 aromatic carbocycles. The molecule has 3 aliphatic carbocycles. The highest BCUT2D eigenvalue weighted by atomic mass is 14.5. The summed E-state index contributed by atoms with van der Waals surface area (Å²) in [7, 11) is 0. The van der Waals surface area contributed by atoms with Crippen LogP contribution < -0.4 is 0 Å². The zero-order chi connectivity index (χ0) is 20.5. The average molecular weight is 374 g/mol. The van der Waals surface area contributed by atoms with Gasteiger partial charge in [0.05, 0.1) is 5.71 Å². The van der Waals surface area contributed by atoms with Crippen LogP contribution in [0.5, 0.6) is 0 Å². The van der Waals surface area contributed by atoms with Crippen LogP contribution in [-0.4, -0.2) is 5.71 Å². The number of benzene rings is 1. The smallest absolute Gasteiger partial charge is 0.0653 e. The van der Waals surface area contributed by atoms with Crippen LogP contribution in [0.25, 0.3) is 6.08 Å². The lowest BCUT2D eigenvalue weighted by Crippen LogP contribution is -2.32. The molecular weight excluding hydrogens is 338 g/mol. The van der Waals surface area contributed by atoms with Gasteiger partial charge in [0.25, 0.3) is 0 Å². The lowest BCUT2D eigenvalue weighted by atomic mass is 9.64. The molecule has 0 aromatic heterocycles. The highest BCUT2D eigenvalue weighted by Gasteiger charge is 2.38. The van der Waals surface area contributed by atoms with Crippen molar-refractivity contribution in [1.82, 2.24) is 0 Å². The number of rotatable bonds is 4. The lowest BCUT2D eigenvalue weighted by Gasteiger charge is -2.39. The van der Waals surface area contributed by atoms with E-state index < -0.39 is 0 Å². The van der Waals surface area contributed by atoms with Crippen molar-refractivity contribution < 1.29 is 0 Å². The predicted molar refractivity (Wildman–Crippen MR) is 123 cm³/mol. The fourth-order valence-electron chi connectivity index (χ4n) is 4.83. The quantitative estimate of drug-likeness (QED) is 0.565. The molecule has 0 saturated carbocycles. The molecule has 1 N–H and O–H groups in total. The molecule has 28 heavy (non-hydrogen) atoms. The third-order valence-corrected chi connectivity index (χ3v) is 6.52. The van der Waals surface area contributed by atoms with Crippen LogP contribution in [-0.2, 0) is 11.8 Å². The Balaban J connectivity index is 2.39. The van der Waals surface area contributed by atoms with E-state index in [1.807, 2.05) is 0 Å². The Morgan fingerprint density at radius 1 is 1.04 bits per heavy atom. The van der Waals surface area contributed by atoms with E-state index in [1.54, 1.807) is 0 Å². The van der Waals surface area contributed by atoms with Gasteiger partial charge in [-0.15, -0.1) is 0 Å². The predicted octanol–water partition coefficient (Wildman–Crippen LogP) is 7.48. The van der Waals surface area contributed by atoms with Crippen LogP contribution in [0.1, 0.15) is 81.7 Å². The molecule has 1 atom stereocenters. The van der Waals surface area contributed by atoms with Crippen LogP contribution in [0.4, 0.5) is 0 Å². The fraction of sp³-hybridized carbons (Fsp3) is 0.444. The Labute approximate surface area is 171 Å². The van der Waals surface area contributed by atoms with Crippen LogP contribution in [0, 0.1) is 18.3 Å². The number of unbranched alkanes of at least 4 members (excludes halogenated alkanes) is 1. The van der Waals surface area contributed by atoms with E-state index in [9.17, 15) is 0 Å². The maximum Gasteiger partial charge on any atom is 0.0653 e. The molecule has 0 fully saturated rings. The fourth-order valence-corrected chi connectivity index (χ4v) is 4.83. The molecule has 4 bridgehead atoms. The average Bonchev–Trinajstić information content (AvgIpc) is 2.65. The van der Waals surface area contributed by atoms with Gasteiger partial charge in [-0.25, -0.2) is 0 Å². The van der Waals surface area contributed by atoms with Crippen LogP contribution in [0.3, 0.4) is 0 Å². The molecule has 0 spiro atoms. The Kier molecular flexibility index (Phi) is 5.93. The molecule has 1 unspecified atom stereocenters. The first-order valence-corrected chi connectivity index (χ1v) is 10.8. The van der Waals surface area contributed by atoms with Crippen molar-refractivity contribution >= 4 is 11.8 Å². The minimum atomic E-state index is -0.102. The number of aryl methyl sites for hydroxylation is 1. The molecule has 0 saturated heterocycles. The van der Waals surface area contributed by atoms with E-state index >= 15 is 0 Å². The van der Waals surface area contributed by atoms with Gasteiger partial charge < -0.3 is 0 Å². The molecule has 0 aliphatic heterocycles. The maximum atomic E-state index is 9.05. The third kappa shape index (κ3) is 3.48. The summed E-state index contributed by atoms with van der Waals surface area (Å²) in [6.45, 7) is 13.5. The van der Waals surface area contributed by atoms with Crippen LogP contribution >= 0.6 is 0 Å². The van der Waals surface area contributed by atoms with Gasteiger partial charge in [-0.05, 0) is 72.4 Å². The van der Waals surface area contributed by atoms with Crippen molar-refractivity contribution in [1.29, 1.82) is 5.41 Å². The number of hydrogen-bond donors (Lipinski definition) is 1. The standard InChI is InChI=1S/C27H35N/c1-7-9-13-22-18(3)17-21-16-15-20(8-2)12-10-11-14-23-19(4)26(28)24(21)25(22)27(23,5)6/h10-12,14-17,20,28H,7-9,13H2,1-6H3/b12-10?,14-11-,16-15-,28-26?. The summed E-state index contributed by atoms with van der Waals surface area (Å²) in [5, 5.41) is 9.05. The zero-order valence-electron chi connectivity index (χ0n) is 18.4. The molecule has 1 heteroatoms. The summed E-state index contributed by atoms with van der Waals surface area (Å²) in [5.74, 6) is 0.426. The van der Waals surface area contributed by atoms with Crippen molar-refractivity contribution in [3.8, 4) is 0 Å². The molecular formula is C27H35N. The van der Waals surface area contributed by atoms with E-state index in [2.05, 4.69) is 84.1 Å². The summed E-state index contributed by atoms with van der Waals surface area (Å²) in [6, 6.07) is 2.32. The van der Waals surface area contributed by atoms with Crippen LogP contribution in [0.15, 0.2) is 47.6 Å². The van der Waals surface area contributed by atoms with E-state index in [-0.39, 0.29) is 5.41 Å². The molecule has 0 radical (unpaired) electrons. The Morgan fingerprint density at radius 2 is 1.79 bits per heavy atom. The van der Waals surface area contributed by atoms with Gasteiger partial charge in [0.15, 0.2) is 0 Å². The summed E-state index contributed by atoms with van der Waals surface area (Å²) < 4.78 is 0. The van der Waals surface area contributed by atoms with Crippen molar-refractivity contribution in [2.45, 2.75) is 72.6 Å². The third-order valence-electron chi connectivity index (χ3n) is 6.52. The number of fused-ring (bicyclic) bond motifs is 4. The monoisotopic (exact) mass is 373 g/mol. The Bertz CT molecular complexity index is 903. The first-order chi connectivity index (χ1) is 13.3. The summed E-state index contributed by atoms with van der Waals surface area (Å²) >= 11 is 0. The minimum absolute atomic E-state index is 0.102. The summed E-state index contributed by atoms with van der Waals surface area (Å²) in [5.41, 5.74) is 9.56. The topological polar surface area (TPSA) is 23.9 Å². The molecule has 0 amide bonds. The molecule has 3 aliphatic rings. The second-order valence-corrected chi connectivity index (χ2v) is 8.83. The first kappa shape index (κ1) is 20.6.